The Morgan fingerprint density at radius 2 is 2.14 bits per heavy atom. The van der Waals surface area contributed by atoms with Crippen LogP contribution < -0.4 is 5.76 Å². The summed E-state index contributed by atoms with van der Waals surface area (Å²) in [4.78, 5) is 19.3. The third kappa shape index (κ3) is 1.13. The zero-order valence-electron chi connectivity index (χ0n) is 8.31. The lowest BCUT2D eigenvalue weighted by atomic mass is 10.1. The van der Waals surface area contributed by atoms with Gasteiger partial charge in [0, 0.05) is 7.05 Å². The van der Waals surface area contributed by atoms with Crippen molar-refractivity contribution in [3.8, 4) is 0 Å². The van der Waals surface area contributed by atoms with E-state index in [1.165, 1.54) is 10.9 Å². The third-order valence-corrected chi connectivity index (χ3v) is 2.14. The van der Waals surface area contributed by atoms with Crippen LogP contribution in [0.1, 0.15) is 25.5 Å². The van der Waals surface area contributed by atoms with Gasteiger partial charge < -0.3 is 4.42 Å². The molecule has 0 saturated carbocycles. The summed E-state index contributed by atoms with van der Waals surface area (Å²) in [5, 5.41) is 0. The molecule has 2 rings (SSSR count). The molecule has 2 aromatic rings. The van der Waals surface area contributed by atoms with Crippen molar-refractivity contribution in [1.29, 1.82) is 0 Å². The molecule has 0 aliphatic carbocycles. The molecule has 0 radical (unpaired) electrons. The smallest absolute Gasteiger partial charge is 0.404 e. The molecule has 5 heteroatoms. The van der Waals surface area contributed by atoms with Crippen molar-refractivity contribution in [3.63, 3.8) is 0 Å². The van der Waals surface area contributed by atoms with Gasteiger partial charge in [-0.2, -0.15) is 0 Å². The molecule has 0 N–H and O–H groups in total. The van der Waals surface area contributed by atoms with Crippen LogP contribution in [0, 0.1) is 0 Å². The van der Waals surface area contributed by atoms with Crippen LogP contribution in [0.15, 0.2) is 15.5 Å². The Hall–Kier alpha value is -1.65. The number of nitrogens with zero attached hydrogens (tertiary/aromatic N) is 3. The predicted octanol–water partition coefficient (Wildman–Crippen LogP) is 1.04. The molecule has 2 heterocycles. The fraction of sp³-hybridized carbons (Fsp3) is 0.444. The lowest BCUT2D eigenvalue weighted by Crippen LogP contribution is -2.08. The van der Waals surface area contributed by atoms with Gasteiger partial charge in [0.05, 0.1) is 5.69 Å². The minimum atomic E-state index is -0.401. The molecule has 14 heavy (non-hydrogen) atoms. The molecule has 74 valence electrons. The second kappa shape index (κ2) is 2.94. The van der Waals surface area contributed by atoms with Crippen LogP contribution >= 0.6 is 0 Å². The second-order valence-corrected chi connectivity index (χ2v) is 3.49. The first-order valence-electron chi connectivity index (χ1n) is 4.41. The second-order valence-electron chi connectivity index (χ2n) is 3.49. The van der Waals surface area contributed by atoms with Crippen LogP contribution in [-0.4, -0.2) is 14.5 Å². The number of aryl methyl sites for hydroxylation is 1. The maximum atomic E-state index is 11.2. The molecule has 0 bridgehead atoms. The Morgan fingerprint density at radius 1 is 1.43 bits per heavy atom. The Balaban J connectivity index is 2.88. The molecule has 0 aliphatic rings. The highest BCUT2D eigenvalue weighted by molar-refractivity contribution is 5.70. The summed E-state index contributed by atoms with van der Waals surface area (Å²) >= 11 is 0. The molecule has 0 fully saturated rings. The van der Waals surface area contributed by atoms with Crippen molar-refractivity contribution < 1.29 is 4.42 Å². The molecule has 0 unspecified atom stereocenters. The highest BCUT2D eigenvalue weighted by Crippen LogP contribution is 2.19. The zero-order chi connectivity index (χ0) is 10.3. The minimum absolute atomic E-state index is 0.214. The third-order valence-electron chi connectivity index (χ3n) is 2.14. The summed E-state index contributed by atoms with van der Waals surface area (Å²) in [5.41, 5.74) is 1.82. The van der Waals surface area contributed by atoms with Crippen molar-refractivity contribution >= 4 is 11.2 Å². The van der Waals surface area contributed by atoms with Gasteiger partial charge in [-0.3, -0.25) is 4.57 Å². The summed E-state index contributed by atoms with van der Waals surface area (Å²) in [7, 11) is 1.63. The molecular formula is C9H11N3O2. The van der Waals surface area contributed by atoms with Crippen molar-refractivity contribution in [2.45, 2.75) is 19.8 Å². The molecule has 0 atom stereocenters. The van der Waals surface area contributed by atoms with Gasteiger partial charge in [0.25, 0.3) is 0 Å². The first-order valence-corrected chi connectivity index (χ1v) is 4.41. The van der Waals surface area contributed by atoms with Gasteiger partial charge in [0.2, 0.25) is 0 Å². The summed E-state index contributed by atoms with van der Waals surface area (Å²) < 4.78 is 6.45. The van der Waals surface area contributed by atoms with Gasteiger partial charge in [-0.15, -0.1) is 0 Å². The lowest BCUT2D eigenvalue weighted by Gasteiger charge is -2.02. The van der Waals surface area contributed by atoms with Crippen LogP contribution in [0.4, 0.5) is 0 Å². The van der Waals surface area contributed by atoms with Crippen molar-refractivity contribution in [3.05, 3.63) is 22.6 Å². The molecule has 0 aromatic carbocycles. The maximum Gasteiger partial charge on any atom is 0.420 e. The molecule has 0 amide bonds. The summed E-state index contributed by atoms with van der Waals surface area (Å²) in [6.45, 7) is 3.99. The van der Waals surface area contributed by atoms with E-state index in [1.54, 1.807) is 7.05 Å². The number of aromatic nitrogens is 3. The summed E-state index contributed by atoms with van der Waals surface area (Å²) in [6, 6.07) is 0. The van der Waals surface area contributed by atoms with Gasteiger partial charge in [0.15, 0.2) is 11.2 Å². The molecule has 0 aliphatic heterocycles. The predicted molar refractivity (Wildman–Crippen MR) is 51.1 cm³/mol. The van der Waals surface area contributed by atoms with E-state index in [1.807, 2.05) is 13.8 Å². The number of hydrogen-bond acceptors (Lipinski definition) is 4. The first-order chi connectivity index (χ1) is 6.61. The Kier molecular flexibility index (Phi) is 1.87. The van der Waals surface area contributed by atoms with Crippen molar-refractivity contribution in [2.75, 3.05) is 0 Å². The van der Waals surface area contributed by atoms with Crippen molar-refractivity contribution in [1.82, 2.24) is 14.5 Å². The fourth-order valence-corrected chi connectivity index (χ4v) is 1.37. The van der Waals surface area contributed by atoms with E-state index >= 15 is 0 Å². The van der Waals surface area contributed by atoms with Gasteiger partial charge in [-0.1, -0.05) is 13.8 Å². The number of fused-ring (bicyclic) bond motifs is 1. The van der Waals surface area contributed by atoms with Crippen LogP contribution in [0.2, 0.25) is 0 Å². The molecule has 0 saturated heterocycles. The van der Waals surface area contributed by atoms with Crippen LogP contribution in [0.5, 0.6) is 0 Å². The largest absolute Gasteiger partial charge is 0.420 e. The van der Waals surface area contributed by atoms with E-state index in [4.69, 9.17) is 4.42 Å². The van der Waals surface area contributed by atoms with E-state index in [-0.39, 0.29) is 5.92 Å². The SMILES string of the molecule is CC(C)c1ncnc2c1oc(=O)n2C. The van der Waals surface area contributed by atoms with E-state index < -0.39 is 5.76 Å². The van der Waals surface area contributed by atoms with Gasteiger partial charge >= 0.3 is 5.76 Å². The molecular weight excluding hydrogens is 182 g/mol. The number of hydrogen-bond donors (Lipinski definition) is 0. The van der Waals surface area contributed by atoms with E-state index in [9.17, 15) is 4.79 Å². The average molecular weight is 193 g/mol. The average Bonchev–Trinajstić information content (AvgIpc) is 2.43. The van der Waals surface area contributed by atoms with Gasteiger partial charge in [0.1, 0.15) is 6.33 Å². The molecule has 5 nitrogen and oxygen atoms in total. The van der Waals surface area contributed by atoms with Crippen LogP contribution in [0.3, 0.4) is 0 Å². The zero-order valence-corrected chi connectivity index (χ0v) is 8.31. The fourth-order valence-electron chi connectivity index (χ4n) is 1.37. The Labute approximate surface area is 80.4 Å². The van der Waals surface area contributed by atoms with Crippen LogP contribution in [-0.2, 0) is 7.05 Å². The normalized spacial score (nSPS) is 11.4. The van der Waals surface area contributed by atoms with E-state index in [0.717, 1.165) is 5.69 Å². The highest BCUT2D eigenvalue weighted by atomic mass is 16.4. The Bertz CT molecular complexity index is 524. The van der Waals surface area contributed by atoms with Crippen molar-refractivity contribution in [2.24, 2.45) is 7.05 Å². The lowest BCUT2D eigenvalue weighted by molar-refractivity contribution is 0.522. The van der Waals surface area contributed by atoms with Crippen LogP contribution in [0.25, 0.3) is 11.2 Å². The standard InChI is InChI=1S/C9H11N3O2/c1-5(2)6-7-8(11-4-10-6)12(3)9(13)14-7/h4-5H,1-3H3. The molecule has 2 aromatic heterocycles. The summed E-state index contributed by atoms with van der Waals surface area (Å²) in [5.74, 6) is -0.187. The number of oxazole rings is 1. The van der Waals surface area contributed by atoms with E-state index in [2.05, 4.69) is 9.97 Å². The molecule has 0 spiro atoms. The highest BCUT2D eigenvalue weighted by Gasteiger charge is 2.14. The first kappa shape index (κ1) is 8.93. The monoisotopic (exact) mass is 193 g/mol. The van der Waals surface area contributed by atoms with Gasteiger partial charge in [-0.25, -0.2) is 14.8 Å². The van der Waals surface area contributed by atoms with E-state index in [0.29, 0.717) is 11.2 Å². The quantitative estimate of drug-likeness (QED) is 0.679. The topological polar surface area (TPSA) is 60.9 Å². The maximum absolute atomic E-state index is 11.2. The summed E-state index contributed by atoms with van der Waals surface area (Å²) in [6.07, 6.45) is 1.45. The minimum Gasteiger partial charge on any atom is -0.404 e. The number of rotatable bonds is 1. The van der Waals surface area contributed by atoms with Gasteiger partial charge in [-0.05, 0) is 5.92 Å². The Morgan fingerprint density at radius 3 is 2.79 bits per heavy atom.